The normalized spacial score (nSPS) is 13.4. The number of carboxylic acid groups (broad SMARTS) is 1. The number of nitrogens with one attached hydrogen (secondary N) is 6. The summed E-state index contributed by atoms with van der Waals surface area (Å²) in [5.74, 6) is -4.70. The summed E-state index contributed by atoms with van der Waals surface area (Å²) in [6.07, 6.45) is -0.386. The molecule has 2 aromatic carbocycles. The van der Waals surface area contributed by atoms with Crippen molar-refractivity contribution in [2.45, 2.75) is 129 Å². The third-order valence-corrected chi connectivity index (χ3v) is 8.31. The molecule has 0 spiro atoms. The van der Waals surface area contributed by atoms with Crippen LogP contribution in [0, 0.1) is 0 Å². The quantitative estimate of drug-likeness (QED) is 0.0899. The molecule has 1 unspecified atom stereocenters. The average molecular weight is 812 g/mol. The first-order valence-corrected chi connectivity index (χ1v) is 19.5. The Morgan fingerprint density at radius 1 is 0.638 bits per heavy atom. The van der Waals surface area contributed by atoms with E-state index in [-0.39, 0.29) is 37.9 Å². The first-order chi connectivity index (χ1) is 27.1. The molecule has 58 heavy (non-hydrogen) atoms. The molecule has 0 aliphatic heterocycles. The van der Waals surface area contributed by atoms with E-state index >= 15 is 0 Å². The van der Waals surface area contributed by atoms with Crippen LogP contribution in [0.3, 0.4) is 0 Å². The number of benzene rings is 2. The largest absolute Gasteiger partial charge is 0.480 e. The second-order valence-corrected chi connectivity index (χ2v) is 15.7. The number of nitrogens with two attached hydrogens (primary N) is 1. The van der Waals surface area contributed by atoms with Crippen LogP contribution in [0.5, 0.6) is 0 Å². The Hall–Kier alpha value is -5.71. The second-order valence-electron chi connectivity index (χ2n) is 15.7. The maximum atomic E-state index is 13.9. The number of carbonyl (C=O) groups is 7. The van der Waals surface area contributed by atoms with Gasteiger partial charge in [-0.25, -0.2) is 14.4 Å². The number of alkyl carbamates (subject to hydrolysis) is 2. The van der Waals surface area contributed by atoms with Crippen molar-refractivity contribution in [1.82, 2.24) is 31.9 Å². The molecule has 0 aliphatic carbocycles. The van der Waals surface area contributed by atoms with Gasteiger partial charge in [-0.15, -0.1) is 0 Å². The highest BCUT2D eigenvalue weighted by Gasteiger charge is 2.30. The molecular weight excluding hydrogens is 750 g/mol. The number of aryl methyl sites for hydroxylation is 1. The molecule has 0 heterocycles. The number of aliphatic carboxylic acids is 1. The van der Waals surface area contributed by atoms with Crippen molar-refractivity contribution in [2.75, 3.05) is 13.1 Å². The van der Waals surface area contributed by atoms with Crippen molar-refractivity contribution in [1.29, 1.82) is 0 Å². The van der Waals surface area contributed by atoms with Crippen LogP contribution in [0.4, 0.5) is 9.59 Å². The highest BCUT2D eigenvalue weighted by atomic mass is 16.6. The van der Waals surface area contributed by atoms with E-state index in [2.05, 4.69) is 51.0 Å². The molecule has 4 atom stereocenters. The molecular formula is C41H61N7O10. The average Bonchev–Trinajstić information content (AvgIpc) is 3.13. The van der Waals surface area contributed by atoms with Crippen molar-refractivity contribution < 1.29 is 48.1 Å². The molecule has 6 amide bonds. The van der Waals surface area contributed by atoms with Gasteiger partial charge in [-0.1, -0.05) is 56.7 Å². The maximum absolute atomic E-state index is 13.9. The van der Waals surface area contributed by atoms with Crippen LogP contribution in [0.15, 0.2) is 48.5 Å². The van der Waals surface area contributed by atoms with E-state index < -0.39 is 77.3 Å². The van der Waals surface area contributed by atoms with Gasteiger partial charge in [-0.05, 0) is 102 Å². The molecule has 0 aliphatic rings. The van der Waals surface area contributed by atoms with E-state index in [1.54, 1.807) is 65.8 Å². The minimum absolute atomic E-state index is 0.0454. The number of carbonyl (C=O) groups excluding carboxylic acids is 6. The van der Waals surface area contributed by atoms with Crippen LogP contribution in [0.1, 0.15) is 103 Å². The maximum Gasteiger partial charge on any atom is 0.407 e. The minimum Gasteiger partial charge on any atom is -0.480 e. The van der Waals surface area contributed by atoms with Gasteiger partial charge in [-0.2, -0.15) is 0 Å². The van der Waals surface area contributed by atoms with E-state index in [1.807, 2.05) is 12.1 Å². The molecule has 17 nitrogen and oxygen atoms in total. The van der Waals surface area contributed by atoms with Crippen LogP contribution >= 0.6 is 0 Å². The lowest BCUT2D eigenvalue weighted by Crippen LogP contribution is -2.60. The Bertz CT molecular complexity index is 1700. The lowest BCUT2D eigenvalue weighted by molar-refractivity contribution is -0.142. The fourth-order valence-corrected chi connectivity index (χ4v) is 5.30. The Labute approximate surface area is 340 Å². The summed E-state index contributed by atoms with van der Waals surface area (Å²) in [5, 5.41) is 24.1. The predicted octanol–water partition coefficient (Wildman–Crippen LogP) is 3.49. The molecule has 0 aromatic heterocycles. The van der Waals surface area contributed by atoms with Crippen LogP contribution in [0.2, 0.25) is 0 Å². The molecule has 320 valence electrons. The lowest BCUT2D eigenvalue weighted by Gasteiger charge is -2.25. The molecule has 2 aromatic rings. The third kappa shape index (κ3) is 18.0. The minimum atomic E-state index is -1.71. The van der Waals surface area contributed by atoms with Gasteiger partial charge >= 0.3 is 18.2 Å². The van der Waals surface area contributed by atoms with E-state index in [0.717, 1.165) is 30.4 Å². The summed E-state index contributed by atoms with van der Waals surface area (Å²) < 4.78 is 10.5. The van der Waals surface area contributed by atoms with Crippen LogP contribution in [0.25, 0.3) is 11.1 Å². The zero-order valence-electron chi connectivity index (χ0n) is 34.8. The van der Waals surface area contributed by atoms with Crippen molar-refractivity contribution in [3.63, 3.8) is 0 Å². The van der Waals surface area contributed by atoms with E-state index in [9.17, 15) is 38.7 Å². The summed E-state index contributed by atoms with van der Waals surface area (Å²) in [5.41, 5.74) is 7.59. The molecule has 0 radical (unpaired) electrons. The monoisotopic (exact) mass is 811 g/mol. The topological polar surface area (TPSA) is 256 Å². The van der Waals surface area contributed by atoms with Crippen LogP contribution < -0.4 is 37.6 Å². The smallest absolute Gasteiger partial charge is 0.407 e. The van der Waals surface area contributed by atoms with Gasteiger partial charge in [0.15, 0.2) is 6.17 Å². The van der Waals surface area contributed by atoms with Crippen LogP contribution in [-0.4, -0.2) is 95.5 Å². The second kappa shape index (κ2) is 22.9. The third-order valence-electron chi connectivity index (χ3n) is 8.31. The number of ether oxygens (including phenoxy) is 2. The Kier molecular flexibility index (Phi) is 19.1. The number of unbranched alkanes of at least 4 members (excludes halogenated alkanes) is 1. The van der Waals surface area contributed by atoms with E-state index in [4.69, 9.17) is 15.2 Å². The zero-order valence-corrected chi connectivity index (χ0v) is 34.8. The van der Waals surface area contributed by atoms with Gasteiger partial charge in [0, 0.05) is 18.7 Å². The van der Waals surface area contributed by atoms with E-state index in [1.165, 1.54) is 12.5 Å². The Morgan fingerprint density at radius 3 is 1.53 bits per heavy atom. The first kappa shape index (κ1) is 48.4. The summed E-state index contributed by atoms with van der Waals surface area (Å²) in [6, 6.07) is 11.0. The SMILES string of the molecule is CCCCc1ccc(-c2ccc(C(=O)N[C@@H](CCNC(=O)OC(C)(C)C)C(=O)NC(CCNC(=O)OC(C)(C)C)C(=O)N[C@@H](N)C(=O)N[C@@H](CC)C(=O)O)cc2)cc1. The van der Waals surface area contributed by atoms with Gasteiger partial charge in [0.2, 0.25) is 11.8 Å². The fourth-order valence-electron chi connectivity index (χ4n) is 5.30. The van der Waals surface area contributed by atoms with Crippen molar-refractivity contribution in [3.05, 3.63) is 59.7 Å². The summed E-state index contributed by atoms with van der Waals surface area (Å²) in [6.45, 7) is 13.4. The predicted molar refractivity (Wildman–Crippen MR) is 217 cm³/mol. The standard InChI is InChI=1S/C41H61N7O10/c1-9-11-12-25-13-15-26(16-14-25)27-17-19-28(20-18-27)33(49)46-30(21-23-43-38(55)57-40(3,4)5)34(50)47-31(22-24-44-39(56)58-41(6,7)8)35(51)48-32(42)36(52)45-29(10-2)37(53)54/h13-20,29-32H,9-12,21-24,42H2,1-8H3,(H,43,55)(H,44,56)(H,45,52)(H,46,49)(H,47,50)(H,48,51)(H,53,54)/t29-,30-,31?,32+/m0/s1. The van der Waals surface area contributed by atoms with Crippen molar-refractivity contribution in [3.8, 4) is 11.1 Å². The number of rotatable bonds is 20. The summed E-state index contributed by atoms with van der Waals surface area (Å²) >= 11 is 0. The molecule has 9 N–H and O–H groups in total. The molecule has 0 bridgehead atoms. The number of hydrogen-bond donors (Lipinski definition) is 8. The lowest BCUT2D eigenvalue weighted by atomic mass is 10.0. The number of carboxylic acids is 1. The van der Waals surface area contributed by atoms with Crippen molar-refractivity contribution >= 4 is 41.8 Å². The first-order valence-electron chi connectivity index (χ1n) is 19.5. The highest BCUT2D eigenvalue weighted by molar-refractivity contribution is 5.99. The van der Waals surface area contributed by atoms with Gasteiger partial charge in [0.1, 0.15) is 29.3 Å². The summed E-state index contributed by atoms with van der Waals surface area (Å²) in [4.78, 5) is 89.7. The molecule has 0 fully saturated rings. The Morgan fingerprint density at radius 2 is 1.09 bits per heavy atom. The van der Waals surface area contributed by atoms with Gasteiger partial charge in [0.05, 0.1) is 0 Å². The molecule has 2 rings (SSSR count). The fraction of sp³-hybridized carbons (Fsp3) is 0.537. The summed E-state index contributed by atoms with van der Waals surface area (Å²) in [7, 11) is 0. The molecule has 0 saturated heterocycles. The Balaban J connectivity index is 2.31. The molecule has 0 saturated carbocycles. The van der Waals surface area contributed by atoms with Gasteiger partial charge < -0.3 is 52.2 Å². The highest BCUT2D eigenvalue weighted by Crippen LogP contribution is 2.21. The number of amides is 6. The van der Waals surface area contributed by atoms with Gasteiger partial charge in [-0.3, -0.25) is 19.2 Å². The van der Waals surface area contributed by atoms with Crippen LogP contribution in [-0.2, 0) is 35.1 Å². The van der Waals surface area contributed by atoms with Crippen molar-refractivity contribution in [2.24, 2.45) is 5.73 Å². The van der Waals surface area contributed by atoms with Gasteiger partial charge in [0.25, 0.3) is 11.8 Å². The number of hydrogen-bond acceptors (Lipinski definition) is 10. The molecule has 17 heteroatoms. The zero-order chi connectivity index (χ0) is 43.6. The van der Waals surface area contributed by atoms with E-state index in [0.29, 0.717) is 0 Å².